The van der Waals surface area contributed by atoms with Crippen LogP contribution in [0.2, 0.25) is 0 Å². The second-order valence-corrected chi connectivity index (χ2v) is 5.92. The van der Waals surface area contributed by atoms with Gasteiger partial charge in [0.25, 0.3) is 0 Å². The molecule has 0 aromatic rings. The molecule has 2 rings (SSSR count). The summed E-state index contributed by atoms with van der Waals surface area (Å²) in [5, 5.41) is 9.53. The van der Waals surface area contributed by atoms with Gasteiger partial charge in [-0.15, -0.1) is 0 Å². The van der Waals surface area contributed by atoms with Crippen LogP contribution in [0.1, 0.15) is 58.3 Å². The molecule has 2 fully saturated rings. The molecule has 3 N–H and O–H groups in total. The lowest BCUT2D eigenvalue weighted by Crippen LogP contribution is -2.51. The van der Waals surface area contributed by atoms with Crippen molar-refractivity contribution in [3.8, 4) is 0 Å². The van der Waals surface area contributed by atoms with E-state index in [-0.39, 0.29) is 11.6 Å². The number of aliphatic hydroxyl groups excluding tert-OH is 1. The Morgan fingerprint density at radius 2 is 1.53 bits per heavy atom. The van der Waals surface area contributed by atoms with Crippen LogP contribution in [-0.4, -0.2) is 16.7 Å². The highest BCUT2D eigenvalue weighted by molar-refractivity contribution is 4.96. The second-order valence-electron chi connectivity index (χ2n) is 5.92. The van der Waals surface area contributed by atoms with Crippen LogP contribution in [-0.2, 0) is 0 Å². The zero-order valence-electron chi connectivity index (χ0n) is 9.91. The lowest BCUT2D eigenvalue weighted by Gasteiger charge is -2.44. The monoisotopic (exact) mass is 211 g/mol. The maximum atomic E-state index is 9.53. The van der Waals surface area contributed by atoms with Crippen LogP contribution in [0.4, 0.5) is 0 Å². The maximum absolute atomic E-state index is 9.53. The van der Waals surface area contributed by atoms with Gasteiger partial charge in [0.15, 0.2) is 0 Å². The molecule has 0 saturated heterocycles. The lowest BCUT2D eigenvalue weighted by molar-refractivity contribution is 0.0596. The number of rotatable bonds is 1. The Bertz CT molecular complexity index is 201. The van der Waals surface area contributed by atoms with E-state index >= 15 is 0 Å². The van der Waals surface area contributed by atoms with Gasteiger partial charge in [0.2, 0.25) is 0 Å². The van der Waals surface area contributed by atoms with Crippen LogP contribution in [0.5, 0.6) is 0 Å². The summed E-state index contributed by atoms with van der Waals surface area (Å²) in [7, 11) is 0. The first-order valence-corrected chi connectivity index (χ1v) is 6.57. The molecule has 2 nitrogen and oxygen atoms in total. The van der Waals surface area contributed by atoms with Gasteiger partial charge in [-0.3, -0.25) is 0 Å². The fourth-order valence-electron chi connectivity index (χ4n) is 3.38. The van der Waals surface area contributed by atoms with Crippen LogP contribution >= 0.6 is 0 Å². The molecule has 0 aromatic heterocycles. The summed E-state index contributed by atoms with van der Waals surface area (Å²) in [6, 6.07) is 0. The molecule has 0 radical (unpaired) electrons. The number of hydrogen-bond acceptors (Lipinski definition) is 2. The number of aliphatic hydroxyl groups is 1. The van der Waals surface area contributed by atoms with Gasteiger partial charge >= 0.3 is 0 Å². The number of hydrogen-bond donors (Lipinski definition) is 2. The van der Waals surface area contributed by atoms with Crippen molar-refractivity contribution >= 4 is 0 Å². The average molecular weight is 211 g/mol. The molecule has 88 valence electrons. The highest BCUT2D eigenvalue weighted by atomic mass is 16.3. The molecule has 0 heterocycles. The minimum atomic E-state index is -0.0795. The molecule has 0 atom stereocenters. The quantitative estimate of drug-likeness (QED) is 0.700. The molecule has 2 saturated carbocycles. The lowest BCUT2D eigenvalue weighted by atomic mass is 9.66. The summed E-state index contributed by atoms with van der Waals surface area (Å²) < 4.78 is 0. The average Bonchev–Trinajstić information content (AvgIpc) is 2.24. The van der Waals surface area contributed by atoms with Crippen LogP contribution in [0.25, 0.3) is 0 Å². The van der Waals surface area contributed by atoms with Gasteiger partial charge in [-0.2, -0.15) is 0 Å². The van der Waals surface area contributed by atoms with Gasteiger partial charge < -0.3 is 10.8 Å². The first-order valence-electron chi connectivity index (χ1n) is 6.57. The van der Waals surface area contributed by atoms with Gasteiger partial charge in [0, 0.05) is 5.54 Å². The standard InChI is InChI=1S/C13H25NO/c1-10-2-4-11(5-3-10)13(14)8-6-12(15)7-9-13/h10-12,15H,2-9,14H2,1H3. The molecule has 2 aliphatic rings. The van der Waals surface area contributed by atoms with E-state index in [1.165, 1.54) is 25.7 Å². The van der Waals surface area contributed by atoms with Crippen LogP contribution in [0.3, 0.4) is 0 Å². The van der Waals surface area contributed by atoms with E-state index in [2.05, 4.69) is 6.92 Å². The van der Waals surface area contributed by atoms with E-state index in [1.807, 2.05) is 0 Å². The molecule has 0 spiro atoms. The topological polar surface area (TPSA) is 46.2 Å². The SMILES string of the molecule is CC1CCC(C2(N)CCC(O)CC2)CC1. The Morgan fingerprint density at radius 3 is 2.07 bits per heavy atom. The van der Waals surface area contributed by atoms with Gasteiger partial charge in [0.05, 0.1) is 6.10 Å². The van der Waals surface area contributed by atoms with Crippen LogP contribution in [0.15, 0.2) is 0 Å². The smallest absolute Gasteiger partial charge is 0.0541 e. The van der Waals surface area contributed by atoms with E-state index in [4.69, 9.17) is 5.73 Å². The third-order valence-corrected chi connectivity index (χ3v) is 4.71. The highest BCUT2D eigenvalue weighted by Gasteiger charge is 2.39. The zero-order chi connectivity index (χ0) is 10.9. The second kappa shape index (κ2) is 4.42. The van der Waals surface area contributed by atoms with Crippen molar-refractivity contribution in [2.24, 2.45) is 17.6 Å². The van der Waals surface area contributed by atoms with Gasteiger partial charge in [0.1, 0.15) is 0 Å². The van der Waals surface area contributed by atoms with Crippen molar-refractivity contribution in [3.63, 3.8) is 0 Å². The summed E-state index contributed by atoms with van der Waals surface area (Å²) >= 11 is 0. The predicted molar refractivity (Wildman–Crippen MR) is 62.5 cm³/mol. The van der Waals surface area contributed by atoms with Crippen molar-refractivity contribution in [2.45, 2.75) is 69.9 Å². The minimum absolute atomic E-state index is 0.0549. The third kappa shape index (κ3) is 2.54. The van der Waals surface area contributed by atoms with E-state index in [0.717, 1.165) is 37.5 Å². The molecular formula is C13H25NO. The largest absolute Gasteiger partial charge is 0.393 e. The van der Waals surface area contributed by atoms with Crippen molar-refractivity contribution in [1.29, 1.82) is 0 Å². The van der Waals surface area contributed by atoms with Crippen molar-refractivity contribution in [1.82, 2.24) is 0 Å². The molecule has 0 bridgehead atoms. The summed E-state index contributed by atoms with van der Waals surface area (Å²) in [4.78, 5) is 0. The molecule has 2 aliphatic carbocycles. The van der Waals surface area contributed by atoms with Crippen LogP contribution < -0.4 is 5.73 Å². The fraction of sp³-hybridized carbons (Fsp3) is 1.00. The Balaban J connectivity index is 1.91. The molecular weight excluding hydrogens is 186 g/mol. The summed E-state index contributed by atoms with van der Waals surface area (Å²) in [6.07, 6.45) is 9.16. The van der Waals surface area contributed by atoms with Crippen molar-refractivity contribution < 1.29 is 5.11 Å². The normalized spacial score (nSPS) is 47.8. The van der Waals surface area contributed by atoms with E-state index < -0.39 is 0 Å². The highest BCUT2D eigenvalue weighted by Crippen LogP contribution is 2.41. The maximum Gasteiger partial charge on any atom is 0.0541 e. The summed E-state index contributed by atoms with van der Waals surface area (Å²) in [5.74, 6) is 1.63. The first kappa shape index (κ1) is 11.4. The molecule has 2 heteroatoms. The van der Waals surface area contributed by atoms with Crippen LogP contribution in [0, 0.1) is 11.8 Å². The van der Waals surface area contributed by atoms with E-state index in [9.17, 15) is 5.11 Å². The molecule has 0 aromatic carbocycles. The van der Waals surface area contributed by atoms with Crippen molar-refractivity contribution in [2.75, 3.05) is 0 Å². The summed E-state index contributed by atoms with van der Waals surface area (Å²) in [6.45, 7) is 2.35. The zero-order valence-corrected chi connectivity index (χ0v) is 9.91. The molecule has 0 aliphatic heterocycles. The molecule has 0 unspecified atom stereocenters. The van der Waals surface area contributed by atoms with Gasteiger partial charge in [-0.05, 0) is 50.4 Å². The minimum Gasteiger partial charge on any atom is -0.393 e. The van der Waals surface area contributed by atoms with Crippen molar-refractivity contribution in [3.05, 3.63) is 0 Å². The first-order chi connectivity index (χ1) is 7.10. The Morgan fingerprint density at radius 1 is 1.00 bits per heavy atom. The Kier molecular flexibility index (Phi) is 3.36. The molecule has 0 amide bonds. The predicted octanol–water partition coefficient (Wildman–Crippen LogP) is 2.45. The van der Waals surface area contributed by atoms with Gasteiger partial charge in [-0.25, -0.2) is 0 Å². The van der Waals surface area contributed by atoms with E-state index in [1.54, 1.807) is 0 Å². The number of nitrogens with two attached hydrogens (primary N) is 1. The third-order valence-electron chi connectivity index (χ3n) is 4.71. The Hall–Kier alpha value is -0.0800. The van der Waals surface area contributed by atoms with Gasteiger partial charge in [-0.1, -0.05) is 19.8 Å². The Labute approximate surface area is 93.2 Å². The van der Waals surface area contributed by atoms with E-state index in [0.29, 0.717) is 0 Å². The molecule has 15 heavy (non-hydrogen) atoms. The fourth-order valence-corrected chi connectivity index (χ4v) is 3.38. The summed E-state index contributed by atoms with van der Waals surface area (Å²) in [5.41, 5.74) is 6.59.